The van der Waals surface area contributed by atoms with Gasteiger partial charge in [-0.15, -0.1) is 0 Å². The van der Waals surface area contributed by atoms with Gasteiger partial charge in [-0.2, -0.15) is 0 Å². The highest BCUT2D eigenvalue weighted by molar-refractivity contribution is 5.79. The van der Waals surface area contributed by atoms with E-state index in [2.05, 4.69) is 0 Å². The smallest absolute Gasteiger partial charge is 0.410 e. The number of carbonyl (C=O) groups is 2. The Balaban J connectivity index is 2.18. The molecule has 0 bridgehead atoms. The van der Waals surface area contributed by atoms with Crippen molar-refractivity contribution < 1.29 is 33.3 Å². The highest BCUT2D eigenvalue weighted by atomic mass is 19.3. The zero-order valence-corrected chi connectivity index (χ0v) is 13.6. The molecule has 1 atom stereocenters. The number of ether oxygens (including phenoxy) is 1. The van der Waals surface area contributed by atoms with Gasteiger partial charge in [-0.25, -0.2) is 13.6 Å². The zero-order chi connectivity index (χ0) is 17.7. The minimum Gasteiger partial charge on any atom is -0.481 e. The van der Waals surface area contributed by atoms with Crippen molar-refractivity contribution in [1.29, 1.82) is 0 Å². The molecule has 1 aliphatic heterocycles. The molecule has 2 rings (SSSR count). The number of halogens is 2. The summed E-state index contributed by atoms with van der Waals surface area (Å²) in [5, 5.41) is 20.2. The average molecular weight is 335 g/mol. The van der Waals surface area contributed by atoms with Gasteiger partial charge in [0.05, 0.1) is 12.1 Å². The second-order valence-electron chi connectivity index (χ2n) is 7.63. The fourth-order valence-corrected chi connectivity index (χ4v) is 3.42. The summed E-state index contributed by atoms with van der Waals surface area (Å²) in [5.41, 5.74) is -4.53. The van der Waals surface area contributed by atoms with Crippen LogP contribution in [0.2, 0.25) is 0 Å². The van der Waals surface area contributed by atoms with Crippen LogP contribution in [0, 0.1) is 5.41 Å². The fourth-order valence-electron chi connectivity index (χ4n) is 3.42. The highest BCUT2D eigenvalue weighted by Gasteiger charge is 2.71. The summed E-state index contributed by atoms with van der Waals surface area (Å²) >= 11 is 0. The molecule has 0 aromatic heterocycles. The van der Waals surface area contributed by atoms with Crippen LogP contribution in [-0.4, -0.2) is 57.4 Å². The van der Waals surface area contributed by atoms with E-state index < -0.39 is 47.4 Å². The summed E-state index contributed by atoms with van der Waals surface area (Å²) in [4.78, 5) is 24.9. The van der Waals surface area contributed by atoms with Gasteiger partial charge in [0, 0.05) is 19.4 Å². The summed E-state index contributed by atoms with van der Waals surface area (Å²) in [6, 6.07) is 0. The number of β-amino-alcohol motifs (C(OH)–C–C–N with tert-alkyl or cyclic N) is 1. The van der Waals surface area contributed by atoms with Crippen LogP contribution in [0.3, 0.4) is 0 Å². The number of piperidine rings is 1. The Morgan fingerprint density at radius 2 is 1.78 bits per heavy atom. The lowest BCUT2D eigenvalue weighted by atomic mass is 9.54. The molecule has 132 valence electrons. The number of aliphatic hydroxyl groups is 1. The van der Waals surface area contributed by atoms with Crippen LogP contribution >= 0.6 is 0 Å². The largest absolute Gasteiger partial charge is 0.481 e. The summed E-state index contributed by atoms with van der Waals surface area (Å²) in [6.45, 7) is 5.04. The third kappa shape index (κ3) is 3.27. The van der Waals surface area contributed by atoms with Gasteiger partial charge in [0.1, 0.15) is 11.0 Å². The Hall–Kier alpha value is -1.44. The molecule has 2 fully saturated rings. The molecule has 8 heteroatoms. The first-order valence-electron chi connectivity index (χ1n) is 7.62. The number of aliphatic carboxylic acids is 1. The van der Waals surface area contributed by atoms with Gasteiger partial charge >= 0.3 is 12.1 Å². The third-order valence-corrected chi connectivity index (χ3v) is 4.54. The summed E-state index contributed by atoms with van der Waals surface area (Å²) < 4.78 is 31.9. The number of hydrogen-bond acceptors (Lipinski definition) is 4. The Bertz CT molecular complexity index is 508. The monoisotopic (exact) mass is 335 g/mol. The van der Waals surface area contributed by atoms with Crippen LogP contribution in [0.5, 0.6) is 0 Å². The molecule has 23 heavy (non-hydrogen) atoms. The first-order chi connectivity index (χ1) is 10.3. The first kappa shape index (κ1) is 17.9. The van der Waals surface area contributed by atoms with Crippen LogP contribution in [0.4, 0.5) is 13.6 Å². The molecule has 1 saturated carbocycles. The minimum atomic E-state index is -3.09. The van der Waals surface area contributed by atoms with Crippen molar-refractivity contribution in [3.05, 3.63) is 0 Å². The number of rotatable bonds is 2. The lowest BCUT2D eigenvalue weighted by Gasteiger charge is -2.55. The van der Waals surface area contributed by atoms with Crippen LogP contribution in [0.15, 0.2) is 0 Å². The maximum Gasteiger partial charge on any atom is 0.410 e. The molecule has 1 unspecified atom stereocenters. The van der Waals surface area contributed by atoms with Crippen LogP contribution in [0.25, 0.3) is 0 Å². The van der Waals surface area contributed by atoms with E-state index in [9.17, 15) is 28.6 Å². The summed E-state index contributed by atoms with van der Waals surface area (Å²) in [6.07, 6.45) is -2.10. The van der Waals surface area contributed by atoms with Gasteiger partial charge in [-0.1, -0.05) is 0 Å². The molecule has 0 aromatic carbocycles. The molecule has 0 aromatic rings. The predicted molar refractivity (Wildman–Crippen MR) is 76.2 cm³/mol. The van der Waals surface area contributed by atoms with Crippen molar-refractivity contribution in [3.8, 4) is 0 Å². The van der Waals surface area contributed by atoms with Crippen LogP contribution in [-0.2, 0) is 9.53 Å². The molecule has 0 spiro atoms. The Kier molecular flexibility index (Phi) is 4.12. The number of hydrogen-bond donors (Lipinski definition) is 2. The van der Waals surface area contributed by atoms with Crippen molar-refractivity contribution in [1.82, 2.24) is 4.90 Å². The molecule has 0 radical (unpaired) electrons. The van der Waals surface area contributed by atoms with E-state index in [-0.39, 0.29) is 13.0 Å². The molecule has 1 amide bonds. The number of carboxylic acid groups (broad SMARTS) is 1. The average Bonchev–Trinajstić information content (AvgIpc) is 2.33. The van der Waals surface area contributed by atoms with Gasteiger partial charge in [0.25, 0.3) is 5.92 Å². The number of alkyl halides is 2. The zero-order valence-electron chi connectivity index (χ0n) is 13.6. The van der Waals surface area contributed by atoms with E-state index in [1.54, 1.807) is 20.8 Å². The van der Waals surface area contributed by atoms with Crippen LogP contribution < -0.4 is 0 Å². The summed E-state index contributed by atoms with van der Waals surface area (Å²) in [5.74, 6) is -4.54. The van der Waals surface area contributed by atoms with Crippen molar-refractivity contribution in [3.63, 3.8) is 0 Å². The molecule has 1 heterocycles. The van der Waals surface area contributed by atoms with E-state index in [1.807, 2.05) is 0 Å². The van der Waals surface area contributed by atoms with Gasteiger partial charge in [-0.05, 0) is 33.6 Å². The van der Waals surface area contributed by atoms with E-state index in [4.69, 9.17) is 4.74 Å². The van der Waals surface area contributed by atoms with Gasteiger partial charge < -0.3 is 19.8 Å². The number of nitrogens with zero attached hydrogens (tertiary/aromatic N) is 1. The lowest BCUT2D eigenvalue weighted by Crippen LogP contribution is -2.69. The van der Waals surface area contributed by atoms with E-state index >= 15 is 0 Å². The number of carboxylic acids is 1. The quantitative estimate of drug-likeness (QED) is 0.808. The van der Waals surface area contributed by atoms with E-state index in [0.717, 1.165) is 0 Å². The minimum absolute atomic E-state index is 0.0642. The Morgan fingerprint density at radius 1 is 1.22 bits per heavy atom. The molecule has 1 aliphatic carbocycles. The van der Waals surface area contributed by atoms with Crippen molar-refractivity contribution >= 4 is 12.1 Å². The van der Waals surface area contributed by atoms with Gasteiger partial charge in [0.2, 0.25) is 0 Å². The standard InChI is InChI=1S/C15H23F2NO5/c1-12(2,3)23-11(21)18-6-4-5-14(22,9-18)13(10(19)20)7-15(16,17)8-13/h22H,4-9H2,1-3H3,(H,19,20). The maximum atomic E-state index is 13.3. The molecule has 6 nitrogen and oxygen atoms in total. The second kappa shape index (κ2) is 5.29. The SMILES string of the molecule is CC(C)(C)OC(=O)N1CCCC(O)(C2(C(=O)O)CC(F)(F)C2)C1. The maximum absolute atomic E-state index is 13.3. The normalized spacial score (nSPS) is 29.6. The van der Waals surface area contributed by atoms with Gasteiger partial charge in [-0.3, -0.25) is 4.79 Å². The molecular formula is C15H23F2NO5. The number of carbonyl (C=O) groups excluding carboxylic acids is 1. The molecule has 1 saturated heterocycles. The fraction of sp³-hybridized carbons (Fsp3) is 0.867. The first-order valence-corrected chi connectivity index (χ1v) is 7.62. The summed E-state index contributed by atoms with van der Waals surface area (Å²) in [7, 11) is 0. The number of amides is 1. The van der Waals surface area contributed by atoms with Crippen LogP contribution in [0.1, 0.15) is 46.5 Å². The second-order valence-corrected chi connectivity index (χ2v) is 7.63. The molecular weight excluding hydrogens is 312 g/mol. The van der Waals surface area contributed by atoms with Crippen molar-refractivity contribution in [2.24, 2.45) is 5.41 Å². The highest BCUT2D eigenvalue weighted by Crippen LogP contribution is 2.59. The lowest BCUT2D eigenvalue weighted by molar-refractivity contribution is -0.252. The van der Waals surface area contributed by atoms with E-state index in [0.29, 0.717) is 13.0 Å². The molecule has 2 aliphatic rings. The third-order valence-electron chi connectivity index (χ3n) is 4.54. The topological polar surface area (TPSA) is 87.1 Å². The van der Waals surface area contributed by atoms with Crippen molar-refractivity contribution in [2.45, 2.75) is 63.6 Å². The van der Waals surface area contributed by atoms with Crippen molar-refractivity contribution in [2.75, 3.05) is 13.1 Å². The molecule has 2 N–H and O–H groups in total. The Labute approximate surface area is 133 Å². The van der Waals surface area contributed by atoms with Gasteiger partial charge in [0.15, 0.2) is 0 Å². The number of likely N-dealkylation sites (tertiary alicyclic amines) is 1. The predicted octanol–water partition coefficient (Wildman–Crippen LogP) is 2.25. The Morgan fingerprint density at radius 3 is 2.22 bits per heavy atom. The van der Waals surface area contributed by atoms with E-state index in [1.165, 1.54) is 4.90 Å².